The van der Waals surface area contributed by atoms with Gasteiger partial charge < -0.3 is 9.08 Å². The van der Waals surface area contributed by atoms with Crippen LogP contribution in [0.3, 0.4) is 0 Å². The van der Waals surface area contributed by atoms with E-state index in [2.05, 4.69) is 13.8 Å². The Morgan fingerprint density at radius 1 is 1.17 bits per heavy atom. The molecule has 3 nitrogen and oxygen atoms in total. The Balaban J connectivity index is 2.30. The van der Waals surface area contributed by atoms with Crippen molar-refractivity contribution < 1.29 is 8.98 Å². The van der Waals surface area contributed by atoms with Crippen molar-refractivity contribution in [2.45, 2.75) is 32.4 Å². The van der Waals surface area contributed by atoms with Gasteiger partial charge in [0.15, 0.2) is 0 Å². The summed E-state index contributed by atoms with van der Waals surface area (Å²) in [6.07, 6.45) is 1.69. The van der Waals surface area contributed by atoms with Gasteiger partial charge in [0, 0.05) is 13.1 Å². The average Bonchev–Trinajstić information content (AvgIpc) is 2.39. The Kier molecular flexibility index (Phi) is 7.34. The van der Waals surface area contributed by atoms with Crippen LogP contribution in [-0.4, -0.2) is 24.1 Å². The second-order valence-corrected chi connectivity index (χ2v) is 4.78. The van der Waals surface area contributed by atoms with Crippen molar-refractivity contribution in [3.05, 3.63) is 35.9 Å². The smallest absolute Gasteiger partial charge is 0.375 e. The lowest BCUT2D eigenvalue weighted by Gasteiger charge is -2.19. The molecule has 1 rings (SSSR count). The third-order valence-electron chi connectivity index (χ3n) is 2.44. The number of benzene rings is 1. The normalized spacial score (nSPS) is 10.1. The summed E-state index contributed by atoms with van der Waals surface area (Å²) >= 11 is 1.20. The molecule has 0 aliphatic rings. The van der Waals surface area contributed by atoms with Crippen LogP contribution in [0.15, 0.2) is 30.3 Å². The van der Waals surface area contributed by atoms with Crippen molar-refractivity contribution in [2.24, 2.45) is 0 Å². The highest BCUT2D eigenvalue weighted by Gasteiger charge is 2.13. The van der Waals surface area contributed by atoms with Crippen LogP contribution in [-0.2, 0) is 9.94 Å². The van der Waals surface area contributed by atoms with Gasteiger partial charge in [-0.25, -0.2) is 4.79 Å². The van der Waals surface area contributed by atoms with Crippen LogP contribution in [0, 0.1) is 0 Å². The largest absolute Gasteiger partial charge is 0.421 e. The van der Waals surface area contributed by atoms with Gasteiger partial charge in [0.25, 0.3) is 0 Å². The lowest BCUT2D eigenvalue weighted by molar-refractivity contribution is 0.160. The van der Waals surface area contributed by atoms with E-state index in [4.69, 9.17) is 4.18 Å². The summed E-state index contributed by atoms with van der Waals surface area (Å²) in [4.78, 5) is 13.6. The standard InChI is InChI=1S/C14H21NO2S/c1-3-10-15(11-4-2)14(16)17-18-12-13-8-6-5-7-9-13/h5-9H,3-4,10-12H2,1-2H3. The molecule has 1 aromatic carbocycles. The fourth-order valence-electron chi connectivity index (χ4n) is 1.61. The first-order valence-corrected chi connectivity index (χ1v) is 7.31. The molecule has 4 heteroatoms. The maximum Gasteiger partial charge on any atom is 0.421 e. The molecular weight excluding hydrogens is 246 g/mol. The SMILES string of the molecule is CCCN(CCC)C(=O)OSCc1ccccc1. The minimum Gasteiger partial charge on any atom is -0.375 e. The average molecular weight is 267 g/mol. The number of nitrogens with zero attached hydrogens (tertiary/aromatic N) is 1. The Hall–Kier alpha value is -1.16. The van der Waals surface area contributed by atoms with Crippen molar-refractivity contribution in [2.75, 3.05) is 13.1 Å². The molecule has 0 aromatic heterocycles. The number of rotatable bonds is 7. The summed E-state index contributed by atoms with van der Waals surface area (Å²) in [6.45, 7) is 5.65. The maximum absolute atomic E-state index is 11.8. The molecule has 0 radical (unpaired) electrons. The first-order chi connectivity index (χ1) is 8.77. The monoisotopic (exact) mass is 267 g/mol. The lowest BCUT2D eigenvalue weighted by atomic mass is 10.2. The number of carbonyl (C=O) groups excluding carboxylic acids is 1. The molecule has 0 atom stereocenters. The van der Waals surface area contributed by atoms with Gasteiger partial charge in [0.2, 0.25) is 0 Å². The van der Waals surface area contributed by atoms with Crippen LogP contribution in [0.5, 0.6) is 0 Å². The van der Waals surface area contributed by atoms with Crippen molar-refractivity contribution in [3.63, 3.8) is 0 Å². The van der Waals surface area contributed by atoms with Crippen LogP contribution < -0.4 is 0 Å². The van der Waals surface area contributed by atoms with Gasteiger partial charge in [-0.1, -0.05) is 44.2 Å². The molecule has 0 aliphatic heterocycles. The summed E-state index contributed by atoms with van der Waals surface area (Å²) in [5.74, 6) is 0.693. The van der Waals surface area contributed by atoms with E-state index in [1.54, 1.807) is 4.90 Å². The fourth-order valence-corrected chi connectivity index (χ4v) is 2.20. The Morgan fingerprint density at radius 3 is 2.33 bits per heavy atom. The number of amides is 1. The molecule has 0 heterocycles. The number of carbonyl (C=O) groups is 1. The molecule has 0 aliphatic carbocycles. The van der Waals surface area contributed by atoms with Crippen molar-refractivity contribution in [1.29, 1.82) is 0 Å². The highest BCUT2D eigenvalue weighted by Crippen LogP contribution is 2.14. The molecule has 0 unspecified atom stereocenters. The zero-order valence-electron chi connectivity index (χ0n) is 11.1. The molecule has 1 aromatic rings. The topological polar surface area (TPSA) is 29.5 Å². The van der Waals surface area contributed by atoms with Gasteiger partial charge in [-0.05, 0) is 18.4 Å². The van der Waals surface area contributed by atoms with Gasteiger partial charge in [0.1, 0.15) is 0 Å². The third-order valence-corrected chi connectivity index (χ3v) is 3.16. The second kappa shape index (κ2) is 8.86. The first-order valence-electron chi connectivity index (χ1n) is 6.40. The highest BCUT2D eigenvalue weighted by atomic mass is 32.2. The van der Waals surface area contributed by atoms with Crippen LogP contribution in [0.25, 0.3) is 0 Å². The van der Waals surface area contributed by atoms with Gasteiger partial charge >= 0.3 is 6.09 Å². The minimum absolute atomic E-state index is 0.223. The summed E-state index contributed by atoms with van der Waals surface area (Å²) in [6, 6.07) is 9.99. The van der Waals surface area contributed by atoms with E-state index in [0.29, 0.717) is 5.75 Å². The van der Waals surface area contributed by atoms with E-state index in [9.17, 15) is 4.79 Å². The number of hydrogen-bond donors (Lipinski definition) is 0. The highest BCUT2D eigenvalue weighted by molar-refractivity contribution is 7.94. The number of hydrogen-bond acceptors (Lipinski definition) is 3. The van der Waals surface area contributed by atoms with E-state index in [1.807, 2.05) is 30.3 Å². The maximum atomic E-state index is 11.8. The predicted octanol–water partition coefficient (Wildman–Crippen LogP) is 4.09. The molecule has 100 valence electrons. The molecule has 0 spiro atoms. The van der Waals surface area contributed by atoms with Crippen molar-refractivity contribution in [1.82, 2.24) is 4.90 Å². The Bertz CT molecular complexity index is 337. The van der Waals surface area contributed by atoms with E-state index < -0.39 is 0 Å². The van der Waals surface area contributed by atoms with Crippen LogP contribution in [0.1, 0.15) is 32.3 Å². The fraction of sp³-hybridized carbons (Fsp3) is 0.500. The van der Waals surface area contributed by atoms with Crippen LogP contribution in [0.4, 0.5) is 4.79 Å². The lowest BCUT2D eigenvalue weighted by Crippen LogP contribution is -2.31. The van der Waals surface area contributed by atoms with Gasteiger partial charge in [-0.2, -0.15) is 0 Å². The Morgan fingerprint density at radius 2 is 1.78 bits per heavy atom. The second-order valence-electron chi connectivity index (χ2n) is 4.08. The quantitative estimate of drug-likeness (QED) is 0.697. The van der Waals surface area contributed by atoms with Crippen LogP contribution in [0.2, 0.25) is 0 Å². The van der Waals surface area contributed by atoms with E-state index >= 15 is 0 Å². The molecule has 0 fully saturated rings. The van der Waals surface area contributed by atoms with E-state index in [-0.39, 0.29) is 6.09 Å². The molecule has 18 heavy (non-hydrogen) atoms. The molecule has 0 saturated carbocycles. The summed E-state index contributed by atoms with van der Waals surface area (Å²) in [5.41, 5.74) is 1.16. The Labute approximate surface area is 114 Å². The van der Waals surface area contributed by atoms with E-state index in [0.717, 1.165) is 31.5 Å². The third kappa shape index (κ3) is 5.45. The van der Waals surface area contributed by atoms with Gasteiger partial charge in [-0.15, -0.1) is 0 Å². The molecule has 0 bridgehead atoms. The first kappa shape index (κ1) is 14.9. The summed E-state index contributed by atoms with van der Waals surface area (Å²) < 4.78 is 5.22. The van der Waals surface area contributed by atoms with Crippen molar-refractivity contribution >= 4 is 18.1 Å². The zero-order valence-corrected chi connectivity index (χ0v) is 11.9. The molecule has 1 amide bonds. The van der Waals surface area contributed by atoms with Gasteiger partial charge in [-0.3, -0.25) is 0 Å². The van der Waals surface area contributed by atoms with Crippen LogP contribution >= 0.6 is 12.0 Å². The van der Waals surface area contributed by atoms with Gasteiger partial charge in [0.05, 0.1) is 17.8 Å². The van der Waals surface area contributed by atoms with E-state index in [1.165, 1.54) is 12.0 Å². The summed E-state index contributed by atoms with van der Waals surface area (Å²) in [7, 11) is 0. The summed E-state index contributed by atoms with van der Waals surface area (Å²) in [5, 5.41) is 0. The molecular formula is C14H21NO2S. The predicted molar refractivity (Wildman–Crippen MR) is 76.4 cm³/mol. The zero-order chi connectivity index (χ0) is 13.2. The minimum atomic E-state index is -0.223. The molecule has 0 N–H and O–H groups in total. The molecule has 0 saturated heterocycles. The van der Waals surface area contributed by atoms with Crippen molar-refractivity contribution in [3.8, 4) is 0 Å².